The third-order valence-electron chi connectivity index (χ3n) is 5.48. The van der Waals surface area contributed by atoms with Crippen LogP contribution >= 0.6 is 0 Å². The van der Waals surface area contributed by atoms with Gasteiger partial charge in [-0.05, 0) is 55.3 Å². The summed E-state index contributed by atoms with van der Waals surface area (Å²) < 4.78 is 0. The normalized spacial score (nSPS) is 24.5. The first kappa shape index (κ1) is 15.5. The number of fused-ring (bicyclic) bond motifs is 1. The Kier molecular flexibility index (Phi) is 4.53. The van der Waals surface area contributed by atoms with Gasteiger partial charge in [0.2, 0.25) is 5.91 Å². The molecule has 1 atom stereocenters. The van der Waals surface area contributed by atoms with Crippen LogP contribution in [0.2, 0.25) is 0 Å². The zero-order valence-electron chi connectivity index (χ0n) is 13.8. The maximum Gasteiger partial charge on any atom is 0.223 e. The van der Waals surface area contributed by atoms with Crippen molar-refractivity contribution in [3.05, 3.63) is 35.4 Å². The summed E-state index contributed by atoms with van der Waals surface area (Å²) in [5.74, 6) is 0.926. The number of benzene rings is 1. The second-order valence-corrected chi connectivity index (χ2v) is 7.48. The molecule has 1 aromatic rings. The van der Waals surface area contributed by atoms with Crippen molar-refractivity contribution in [3.63, 3.8) is 0 Å². The fraction of sp³-hybridized carbons (Fsp3) is 0.632. The summed E-state index contributed by atoms with van der Waals surface area (Å²) in [7, 11) is 0. The van der Waals surface area contributed by atoms with Crippen LogP contribution in [-0.4, -0.2) is 25.5 Å². The first-order chi connectivity index (χ1) is 10.6. The summed E-state index contributed by atoms with van der Waals surface area (Å²) in [6, 6.07) is 8.77. The lowest BCUT2D eigenvalue weighted by molar-refractivity contribution is -0.125. The van der Waals surface area contributed by atoms with Crippen LogP contribution in [0.5, 0.6) is 0 Å². The number of hydrogen-bond acceptors (Lipinski definition) is 2. The number of nitrogens with one attached hydrogen (secondary N) is 2. The van der Waals surface area contributed by atoms with Gasteiger partial charge in [-0.25, -0.2) is 0 Å². The molecule has 0 saturated carbocycles. The molecule has 0 bridgehead atoms. The maximum absolute atomic E-state index is 12.3. The molecule has 1 aliphatic carbocycles. The smallest absolute Gasteiger partial charge is 0.223 e. The van der Waals surface area contributed by atoms with E-state index in [9.17, 15) is 4.79 Å². The summed E-state index contributed by atoms with van der Waals surface area (Å²) >= 11 is 0. The quantitative estimate of drug-likeness (QED) is 0.901. The van der Waals surface area contributed by atoms with Gasteiger partial charge in [0.1, 0.15) is 0 Å². The molecule has 1 heterocycles. The van der Waals surface area contributed by atoms with Gasteiger partial charge in [-0.2, -0.15) is 0 Å². The fourth-order valence-corrected chi connectivity index (χ4v) is 3.96. The van der Waals surface area contributed by atoms with Gasteiger partial charge in [-0.3, -0.25) is 4.79 Å². The highest BCUT2D eigenvalue weighted by molar-refractivity contribution is 5.78. The molecule has 2 aliphatic rings. The lowest BCUT2D eigenvalue weighted by Gasteiger charge is -2.37. The Labute approximate surface area is 133 Å². The van der Waals surface area contributed by atoms with Crippen LogP contribution in [0, 0.1) is 5.92 Å². The van der Waals surface area contributed by atoms with Crippen LogP contribution < -0.4 is 10.6 Å². The predicted octanol–water partition coefficient (Wildman–Crippen LogP) is 2.96. The third kappa shape index (κ3) is 3.19. The van der Waals surface area contributed by atoms with E-state index < -0.39 is 0 Å². The highest BCUT2D eigenvalue weighted by Gasteiger charge is 2.32. The monoisotopic (exact) mass is 300 g/mol. The molecule has 0 aromatic heterocycles. The van der Waals surface area contributed by atoms with Gasteiger partial charge in [-0.15, -0.1) is 0 Å². The Morgan fingerprint density at radius 2 is 1.95 bits per heavy atom. The zero-order valence-corrected chi connectivity index (χ0v) is 13.8. The first-order valence-electron chi connectivity index (χ1n) is 8.66. The zero-order chi connectivity index (χ0) is 15.6. The summed E-state index contributed by atoms with van der Waals surface area (Å²) in [5, 5.41) is 6.54. The van der Waals surface area contributed by atoms with E-state index in [1.54, 1.807) is 0 Å². The Bertz CT molecular complexity index is 532. The van der Waals surface area contributed by atoms with E-state index in [0.29, 0.717) is 5.92 Å². The summed E-state index contributed by atoms with van der Waals surface area (Å²) in [4.78, 5) is 12.3. The Morgan fingerprint density at radius 1 is 1.23 bits per heavy atom. The van der Waals surface area contributed by atoms with Crippen molar-refractivity contribution < 1.29 is 4.79 Å². The first-order valence-corrected chi connectivity index (χ1v) is 8.66. The van der Waals surface area contributed by atoms with Crippen LogP contribution in [0.15, 0.2) is 24.3 Å². The molecule has 0 spiro atoms. The van der Waals surface area contributed by atoms with Crippen LogP contribution in [0.3, 0.4) is 0 Å². The SMILES string of the molecule is CC1(C)CCC(CNC(=O)C2CCNCC2)c2ccccc21. The van der Waals surface area contributed by atoms with Gasteiger partial charge in [0.15, 0.2) is 0 Å². The molecule has 3 nitrogen and oxygen atoms in total. The molecule has 1 amide bonds. The average Bonchev–Trinajstić information content (AvgIpc) is 2.55. The second kappa shape index (κ2) is 6.41. The third-order valence-corrected chi connectivity index (χ3v) is 5.48. The highest BCUT2D eigenvalue weighted by Crippen LogP contribution is 2.42. The van der Waals surface area contributed by atoms with Gasteiger partial charge < -0.3 is 10.6 Å². The average molecular weight is 300 g/mol. The molecule has 3 heteroatoms. The number of hydrogen-bond donors (Lipinski definition) is 2. The Hall–Kier alpha value is -1.35. The molecule has 1 unspecified atom stereocenters. The van der Waals surface area contributed by atoms with E-state index in [0.717, 1.165) is 38.9 Å². The van der Waals surface area contributed by atoms with Gasteiger partial charge >= 0.3 is 0 Å². The van der Waals surface area contributed by atoms with E-state index >= 15 is 0 Å². The molecule has 120 valence electrons. The van der Waals surface area contributed by atoms with E-state index in [1.807, 2.05) is 0 Å². The maximum atomic E-state index is 12.3. The van der Waals surface area contributed by atoms with Gasteiger partial charge in [0, 0.05) is 18.4 Å². The summed E-state index contributed by atoms with van der Waals surface area (Å²) in [5.41, 5.74) is 3.15. The molecule has 1 aliphatic heterocycles. The van der Waals surface area contributed by atoms with Gasteiger partial charge in [0.25, 0.3) is 0 Å². The van der Waals surface area contributed by atoms with Crippen molar-refractivity contribution in [2.75, 3.05) is 19.6 Å². The topological polar surface area (TPSA) is 41.1 Å². The molecule has 2 N–H and O–H groups in total. The van der Waals surface area contributed by atoms with Crippen molar-refractivity contribution in [1.29, 1.82) is 0 Å². The second-order valence-electron chi connectivity index (χ2n) is 7.48. The molecule has 22 heavy (non-hydrogen) atoms. The molecule has 1 fully saturated rings. The van der Waals surface area contributed by atoms with E-state index in [1.165, 1.54) is 17.5 Å². The number of piperidine rings is 1. The Balaban J connectivity index is 1.65. The number of carbonyl (C=O) groups excluding carboxylic acids is 1. The molecular formula is C19H28N2O. The van der Waals surface area contributed by atoms with Crippen LogP contribution in [0.25, 0.3) is 0 Å². The lowest BCUT2D eigenvalue weighted by Crippen LogP contribution is -2.40. The van der Waals surface area contributed by atoms with Crippen molar-refractivity contribution in [1.82, 2.24) is 10.6 Å². The molecule has 3 rings (SSSR count). The lowest BCUT2D eigenvalue weighted by atomic mass is 9.69. The highest BCUT2D eigenvalue weighted by atomic mass is 16.1. The largest absolute Gasteiger partial charge is 0.355 e. The molecular weight excluding hydrogens is 272 g/mol. The van der Waals surface area contributed by atoms with E-state index in [2.05, 4.69) is 48.7 Å². The standard InChI is InChI=1S/C19H28N2O/c1-19(2)10-7-15(16-5-3-4-6-17(16)19)13-21-18(22)14-8-11-20-12-9-14/h3-6,14-15,20H,7-13H2,1-2H3,(H,21,22). The van der Waals surface area contributed by atoms with E-state index in [4.69, 9.17) is 0 Å². The molecule has 1 aromatic carbocycles. The number of rotatable bonds is 3. The van der Waals surface area contributed by atoms with Crippen LogP contribution in [0.4, 0.5) is 0 Å². The minimum atomic E-state index is 0.205. The van der Waals surface area contributed by atoms with Crippen molar-refractivity contribution in [3.8, 4) is 0 Å². The minimum absolute atomic E-state index is 0.205. The number of carbonyl (C=O) groups is 1. The van der Waals surface area contributed by atoms with Crippen LogP contribution in [-0.2, 0) is 10.2 Å². The molecule has 0 radical (unpaired) electrons. The van der Waals surface area contributed by atoms with Gasteiger partial charge in [-0.1, -0.05) is 38.1 Å². The fourth-order valence-electron chi connectivity index (χ4n) is 3.96. The summed E-state index contributed by atoms with van der Waals surface area (Å²) in [6.07, 6.45) is 4.30. The summed E-state index contributed by atoms with van der Waals surface area (Å²) in [6.45, 7) is 7.39. The van der Waals surface area contributed by atoms with Crippen molar-refractivity contribution in [2.24, 2.45) is 5.92 Å². The predicted molar refractivity (Wildman–Crippen MR) is 90.0 cm³/mol. The van der Waals surface area contributed by atoms with Gasteiger partial charge in [0.05, 0.1) is 0 Å². The van der Waals surface area contributed by atoms with Crippen LogP contribution in [0.1, 0.15) is 56.6 Å². The number of amides is 1. The van der Waals surface area contributed by atoms with E-state index in [-0.39, 0.29) is 17.2 Å². The van der Waals surface area contributed by atoms with Crippen molar-refractivity contribution >= 4 is 5.91 Å². The van der Waals surface area contributed by atoms with Crippen molar-refractivity contribution in [2.45, 2.75) is 50.9 Å². The minimum Gasteiger partial charge on any atom is -0.355 e. The molecule has 1 saturated heterocycles. The Morgan fingerprint density at radius 3 is 2.73 bits per heavy atom.